The molecule has 98 valence electrons. The standard InChI is InChI=1S/C11H20N2O2S2/c1-5-17(14,15)7-6-12-8(2)11-9(3)16-10(4)13-11/h8,12H,5-7H2,1-4H3. The lowest BCUT2D eigenvalue weighted by atomic mass is 10.2. The van der Waals surface area contributed by atoms with E-state index >= 15 is 0 Å². The van der Waals surface area contributed by atoms with Crippen LogP contribution < -0.4 is 5.32 Å². The summed E-state index contributed by atoms with van der Waals surface area (Å²) < 4.78 is 22.7. The van der Waals surface area contributed by atoms with E-state index in [1.54, 1.807) is 18.3 Å². The average Bonchev–Trinajstić information content (AvgIpc) is 2.57. The van der Waals surface area contributed by atoms with Crippen molar-refractivity contribution in [1.29, 1.82) is 0 Å². The van der Waals surface area contributed by atoms with Gasteiger partial charge in [-0.15, -0.1) is 11.3 Å². The summed E-state index contributed by atoms with van der Waals surface area (Å²) in [7, 11) is -2.88. The maximum Gasteiger partial charge on any atom is 0.151 e. The largest absolute Gasteiger partial charge is 0.308 e. The van der Waals surface area contributed by atoms with Crippen LogP contribution in [0.3, 0.4) is 0 Å². The number of rotatable bonds is 6. The van der Waals surface area contributed by atoms with Gasteiger partial charge in [-0.25, -0.2) is 13.4 Å². The molecule has 6 heteroatoms. The van der Waals surface area contributed by atoms with Gasteiger partial charge in [-0.3, -0.25) is 0 Å². The number of thiazole rings is 1. The van der Waals surface area contributed by atoms with Crippen molar-refractivity contribution < 1.29 is 8.42 Å². The third-order valence-electron chi connectivity index (χ3n) is 2.65. The van der Waals surface area contributed by atoms with E-state index in [1.165, 1.54) is 4.88 Å². The minimum atomic E-state index is -2.88. The van der Waals surface area contributed by atoms with Crippen molar-refractivity contribution in [1.82, 2.24) is 10.3 Å². The normalized spacial score (nSPS) is 13.9. The van der Waals surface area contributed by atoms with Gasteiger partial charge in [0.25, 0.3) is 0 Å². The van der Waals surface area contributed by atoms with Crippen LogP contribution in [-0.4, -0.2) is 31.5 Å². The lowest BCUT2D eigenvalue weighted by molar-refractivity contribution is 0.565. The van der Waals surface area contributed by atoms with Crippen molar-refractivity contribution in [3.8, 4) is 0 Å². The Balaban J connectivity index is 2.51. The summed E-state index contributed by atoms with van der Waals surface area (Å²) in [6, 6.07) is 0.104. The van der Waals surface area contributed by atoms with Crippen molar-refractivity contribution in [3.63, 3.8) is 0 Å². The zero-order valence-electron chi connectivity index (χ0n) is 10.8. The summed E-state index contributed by atoms with van der Waals surface area (Å²) in [6.07, 6.45) is 0. The molecule has 0 aromatic carbocycles. The Morgan fingerprint density at radius 3 is 2.53 bits per heavy atom. The van der Waals surface area contributed by atoms with E-state index in [0.29, 0.717) is 6.54 Å². The predicted molar refractivity (Wildman–Crippen MR) is 72.3 cm³/mol. The van der Waals surface area contributed by atoms with Gasteiger partial charge < -0.3 is 5.32 Å². The first-order valence-electron chi connectivity index (χ1n) is 5.73. The van der Waals surface area contributed by atoms with Gasteiger partial charge in [0, 0.05) is 23.2 Å². The molecule has 0 aliphatic rings. The summed E-state index contributed by atoms with van der Waals surface area (Å²) in [5.74, 6) is 0.397. The molecule has 0 bridgehead atoms. The minimum absolute atomic E-state index is 0.104. The number of sulfone groups is 1. The first kappa shape index (κ1) is 14.6. The van der Waals surface area contributed by atoms with Gasteiger partial charge in [0.1, 0.15) is 0 Å². The number of aryl methyl sites for hydroxylation is 2. The van der Waals surface area contributed by atoms with Gasteiger partial charge in [-0.05, 0) is 20.8 Å². The maximum absolute atomic E-state index is 11.3. The van der Waals surface area contributed by atoms with Crippen LogP contribution in [-0.2, 0) is 9.84 Å². The molecule has 0 aliphatic heterocycles. The Hall–Kier alpha value is -0.460. The molecule has 0 amide bonds. The van der Waals surface area contributed by atoms with Crippen LogP contribution >= 0.6 is 11.3 Å². The summed E-state index contributed by atoms with van der Waals surface area (Å²) in [6.45, 7) is 8.19. The molecule has 1 atom stereocenters. The minimum Gasteiger partial charge on any atom is -0.308 e. The van der Waals surface area contributed by atoms with Crippen LogP contribution in [0.15, 0.2) is 0 Å². The summed E-state index contributed by atoms with van der Waals surface area (Å²) in [5.41, 5.74) is 1.03. The maximum atomic E-state index is 11.3. The third-order valence-corrected chi connectivity index (χ3v) is 5.26. The number of hydrogen-bond acceptors (Lipinski definition) is 5. The molecule has 0 saturated carbocycles. The second-order valence-corrected chi connectivity index (χ2v) is 7.97. The van der Waals surface area contributed by atoms with E-state index in [1.807, 2.05) is 20.8 Å². The lowest BCUT2D eigenvalue weighted by Crippen LogP contribution is -2.26. The van der Waals surface area contributed by atoms with Crippen molar-refractivity contribution in [2.24, 2.45) is 0 Å². The molecule has 0 fully saturated rings. The summed E-state index contributed by atoms with van der Waals surface area (Å²) in [5, 5.41) is 4.26. The summed E-state index contributed by atoms with van der Waals surface area (Å²) >= 11 is 1.67. The monoisotopic (exact) mass is 276 g/mol. The first-order valence-corrected chi connectivity index (χ1v) is 8.37. The van der Waals surface area contributed by atoms with Crippen molar-refractivity contribution in [3.05, 3.63) is 15.6 Å². The molecule has 17 heavy (non-hydrogen) atoms. The lowest BCUT2D eigenvalue weighted by Gasteiger charge is -2.12. The fraction of sp³-hybridized carbons (Fsp3) is 0.727. The molecule has 4 nitrogen and oxygen atoms in total. The van der Waals surface area contributed by atoms with E-state index < -0.39 is 9.84 Å². The van der Waals surface area contributed by atoms with Crippen LogP contribution in [0.2, 0.25) is 0 Å². The second kappa shape index (κ2) is 5.93. The fourth-order valence-electron chi connectivity index (χ4n) is 1.62. The molecule has 0 radical (unpaired) electrons. The van der Waals surface area contributed by atoms with E-state index in [-0.39, 0.29) is 17.5 Å². The Morgan fingerprint density at radius 1 is 1.41 bits per heavy atom. The van der Waals surface area contributed by atoms with Crippen molar-refractivity contribution in [2.45, 2.75) is 33.7 Å². The number of hydrogen-bond donors (Lipinski definition) is 1. The van der Waals surface area contributed by atoms with Gasteiger partial charge in [-0.1, -0.05) is 6.92 Å². The molecule has 1 heterocycles. The zero-order chi connectivity index (χ0) is 13.1. The van der Waals surface area contributed by atoms with Crippen LogP contribution in [0.4, 0.5) is 0 Å². The molecule has 1 unspecified atom stereocenters. The highest BCUT2D eigenvalue weighted by Crippen LogP contribution is 2.22. The summed E-state index contributed by atoms with van der Waals surface area (Å²) in [4.78, 5) is 5.65. The number of nitrogens with one attached hydrogen (secondary N) is 1. The zero-order valence-corrected chi connectivity index (χ0v) is 12.4. The fourth-order valence-corrected chi connectivity index (χ4v) is 3.25. The number of nitrogens with zero attached hydrogens (tertiary/aromatic N) is 1. The molecule has 1 aromatic rings. The predicted octanol–water partition coefficient (Wildman–Crippen LogP) is 1.85. The molecule has 0 aliphatic carbocycles. The van der Waals surface area contributed by atoms with Crippen LogP contribution in [0, 0.1) is 13.8 Å². The van der Waals surface area contributed by atoms with E-state index in [2.05, 4.69) is 10.3 Å². The topological polar surface area (TPSA) is 59.1 Å². The first-order chi connectivity index (χ1) is 7.85. The molecule has 1 rings (SSSR count). The smallest absolute Gasteiger partial charge is 0.151 e. The molecular weight excluding hydrogens is 256 g/mol. The second-order valence-electron chi connectivity index (χ2n) is 4.09. The molecule has 1 aromatic heterocycles. The Labute approximate surface area is 107 Å². The van der Waals surface area contributed by atoms with Crippen molar-refractivity contribution in [2.75, 3.05) is 18.1 Å². The average molecular weight is 276 g/mol. The van der Waals surface area contributed by atoms with Crippen LogP contribution in [0.1, 0.15) is 35.5 Å². The van der Waals surface area contributed by atoms with Crippen molar-refractivity contribution >= 4 is 21.2 Å². The highest BCUT2D eigenvalue weighted by atomic mass is 32.2. The van der Waals surface area contributed by atoms with E-state index in [0.717, 1.165) is 10.7 Å². The Kier molecular flexibility index (Phi) is 5.09. The molecule has 0 spiro atoms. The Morgan fingerprint density at radius 2 is 2.06 bits per heavy atom. The molecule has 1 N–H and O–H groups in total. The van der Waals surface area contributed by atoms with Gasteiger partial charge in [0.15, 0.2) is 9.84 Å². The van der Waals surface area contributed by atoms with E-state index in [9.17, 15) is 8.42 Å². The van der Waals surface area contributed by atoms with Gasteiger partial charge in [0.05, 0.1) is 16.5 Å². The quantitative estimate of drug-likeness (QED) is 0.861. The highest BCUT2D eigenvalue weighted by Gasteiger charge is 2.14. The van der Waals surface area contributed by atoms with E-state index in [4.69, 9.17) is 0 Å². The van der Waals surface area contributed by atoms with Gasteiger partial charge >= 0.3 is 0 Å². The number of aromatic nitrogens is 1. The SMILES string of the molecule is CCS(=O)(=O)CCNC(C)c1nc(C)sc1C. The third kappa shape index (κ3) is 4.37. The van der Waals surface area contributed by atoms with Gasteiger partial charge in [-0.2, -0.15) is 0 Å². The van der Waals surface area contributed by atoms with Crippen LogP contribution in [0.25, 0.3) is 0 Å². The van der Waals surface area contributed by atoms with Gasteiger partial charge in [0.2, 0.25) is 0 Å². The molecule has 0 saturated heterocycles. The van der Waals surface area contributed by atoms with Crippen LogP contribution in [0.5, 0.6) is 0 Å². The molecular formula is C11H20N2O2S2. The highest BCUT2D eigenvalue weighted by molar-refractivity contribution is 7.91. The Bertz CT molecular complexity index is 466.